The molecule has 2 rings (SSSR count). The summed E-state index contributed by atoms with van der Waals surface area (Å²) in [7, 11) is 1.88. The van der Waals surface area contributed by atoms with Gasteiger partial charge in [0.05, 0.1) is 5.69 Å². The Morgan fingerprint density at radius 3 is 2.53 bits per heavy atom. The Morgan fingerprint density at radius 1 is 1.32 bits per heavy atom. The Kier molecular flexibility index (Phi) is 4.46. The van der Waals surface area contributed by atoms with Crippen LogP contribution in [0.5, 0.6) is 0 Å². The van der Waals surface area contributed by atoms with E-state index in [1.165, 1.54) is 6.42 Å². The van der Waals surface area contributed by atoms with Gasteiger partial charge in [-0.1, -0.05) is 26.3 Å². The zero-order valence-electron chi connectivity index (χ0n) is 12.3. The summed E-state index contributed by atoms with van der Waals surface area (Å²) in [4.78, 5) is 2.19. The predicted molar refractivity (Wildman–Crippen MR) is 79.0 cm³/mol. The van der Waals surface area contributed by atoms with Crippen molar-refractivity contribution in [3.63, 3.8) is 0 Å². The van der Waals surface area contributed by atoms with Gasteiger partial charge < -0.3 is 10.2 Å². The Labute approximate surface area is 116 Å². The van der Waals surface area contributed by atoms with Crippen molar-refractivity contribution >= 4 is 5.69 Å². The average molecular weight is 264 g/mol. The summed E-state index contributed by atoms with van der Waals surface area (Å²) in [5.41, 5.74) is 2.20. The molecule has 1 heterocycles. The molecule has 1 aliphatic heterocycles. The second-order valence-electron chi connectivity index (χ2n) is 5.97. The highest BCUT2D eigenvalue weighted by molar-refractivity contribution is 5.49. The number of halogens is 1. The highest BCUT2D eigenvalue weighted by atomic mass is 19.1. The Bertz CT molecular complexity index is 423. The minimum Gasteiger partial charge on any atom is -0.369 e. The first-order valence-electron chi connectivity index (χ1n) is 7.26. The quantitative estimate of drug-likeness (QED) is 0.894. The van der Waals surface area contributed by atoms with Crippen LogP contribution in [0.2, 0.25) is 0 Å². The van der Waals surface area contributed by atoms with Gasteiger partial charge in [-0.2, -0.15) is 0 Å². The van der Waals surface area contributed by atoms with Gasteiger partial charge in [0, 0.05) is 19.6 Å². The Morgan fingerprint density at radius 2 is 2.00 bits per heavy atom. The molecule has 1 aromatic rings. The predicted octanol–water partition coefficient (Wildman–Crippen LogP) is 3.56. The van der Waals surface area contributed by atoms with Gasteiger partial charge in [0.1, 0.15) is 5.82 Å². The van der Waals surface area contributed by atoms with Crippen LogP contribution in [-0.2, 0) is 6.54 Å². The lowest BCUT2D eigenvalue weighted by molar-refractivity contribution is 0.237. The number of piperidine rings is 1. The number of nitrogens with zero attached hydrogens (tertiary/aromatic N) is 1. The second kappa shape index (κ2) is 5.91. The summed E-state index contributed by atoms with van der Waals surface area (Å²) in [6, 6.07) is 5.60. The van der Waals surface area contributed by atoms with Gasteiger partial charge >= 0.3 is 0 Å². The standard InChI is InChI=1S/C16H25FN2/c1-4-16(2)7-9-19(10-8-16)15-6-5-13(12-18-3)11-14(15)17/h5-6,11,18H,4,7-10,12H2,1-3H3. The smallest absolute Gasteiger partial charge is 0.146 e. The van der Waals surface area contributed by atoms with Crippen molar-refractivity contribution in [2.24, 2.45) is 5.41 Å². The molecule has 1 aliphatic rings. The van der Waals surface area contributed by atoms with Crippen LogP contribution in [0.3, 0.4) is 0 Å². The van der Waals surface area contributed by atoms with Crippen molar-refractivity contribution in [3.05, 3.63) is 29.6 Å². The number of hydrogen-bond donors (Lipinski definition) is 1. The summed E-state index contributed by atoms with van der Waals surface area (Å²) < 4.78 is 14.2. The van der Waals surface area contributed by atoms with Crippen LogP contribution in [0.1, 0.15) is 38.7 Å². The first-order valence-corrected chi connectivity index (χ1v) is 7.26. The van der Waals surface area contributed by atoms with Crippen LogP contribution in [0, 0.1) is 11.2 Å². The van der Waals surface area contributed by atoms with E-state index in [4.69, 9.17) is 0 Å². The molecule has 1 fully saturated rings. The molecular formula is C16H25FN2. The fraction of sp³-hybridized carbons (Fsp3) is 0.625. The van der Waals surface area contributed by atoms with E-state index in [1.54, 1.807) is 6.07 Å². The van der Waals surface area contributed by atoms with Gasteiger partial charge in [0.2, 0.25) is 0 Å². The topological polar surface area (TPSA) is 15.3 Å². The summed E-state index contributed by atoms with van der Waals surface area (Å²) in [5, 5.41) is 3.05. The van der Waals surface area contributed by atoms with Crippen molar-refractivity contribution in [1.29, 1.82) is 0 Å². The highest BCUT2D eigenvalue weighted by Crippen LogP contribution is 2.36. The van der Waals surface area contributed by atoms with Gasteiger partial charge in [-0.25, -0.2) is 4.39 Å². The number of nitrogens with one attached hydrogen (secondary N) is 1. The Balaban J connectivity index is 2.07. The van der Waals surface area contributed by atoms with Crippen molar-refractivity contribution in [2.45, 2.75) is 39.7 Å². The fourth-order valence-corrected chi connectivity index (χ4v) is 2.76. The van der Waals surface area contributed by atoms with Gasteiger partial charge in [0.25, 0.3) is 0 Å². The first-order chi connectivity index (χ1) is 9.08. The molecule has 0 aliphatic carbocycles. The van der Waals surface area contributed by atoms with E-state index in [1.807, 2.05) is 19.2 Å². The van der Waals surface area contributed by atoms with Crippen molar-refractivity contribution in [3.8, 4) is 0 Å². The maximum atomic E-state index is 14.2. The molecule has 0 spiro atoms. The molecule has 0 aromatic heterocycles. The average Bonchev–Trinajstić information content (AvgIpc) is 2.41. The molecule has 0 amide bonds. The maximum absolute atomic E-state index is 14.2. The lowest BCUT2D eigenvalue weighted by atomic mass is 9.78. The number of rotatable bonds is 4. The molecular weight excluding hydrogens is 239 g/mol. The van der Waals surface area contributed by atoms with Crippen LogP contribution in [-0.4, -0.2) is 20.1 Å². The largest absolute Gasteiger partial charge is 0.369 e. The van der Waals surface area contributed by atoms with Crippen LogP contribution in [0.15, 0.2) is 18.2 Å². The zero-order valence-corrected chi connectivity index (χ0v) is 12.3. The van der Waals surface area contributed by atoms with E-state index in [0.29, 0.717) is 12.0 Å². The molecule has 1 aromatic carbocycles. The summed E-state index contributed by atoms with van der Waals surface area (Å²) in [6.45, 7) is 7.24. The maximum Gasteiger partial charge on any atom is 0.146 e. The minimum atomic E-state index is -0.0900. The van der Waals surface area contributed by atoms with E-state index in [-0.39, 0.29) is 5.82 Å². The monoisotopic (exact) mass is 264 g/mol. The van der Waals surface area contributed by atoms with Gasteiger partial charge in [0.15, 0.2) is 0 Å². The van der Waals surface area contributed by atoms with Crippen LogP contribution >= 0.6 is 0 Å². The zero-order chi connectivity index (χ0) is 13.9. The van der Waals surface area contributed by atoms with E-state index < -0.39 is 0 Å². The van der Waals surface area contributed by atoms with Crippen molar-refractivity contribution in [2.75, 3.05) is 25.0 Å². The SMILES string of the molecule is CCC1(C)CCN(c2ccc(CNC)cc2F)CC1. The molecule has 0 saturated carbocycles. The first kappa shape index (κ1) is 14.3. The van der Waals surface area contributed by atoms with Crippen LogP contribution in [0.4, 0.5) is 10.1 Å². The molecule has 3 heteroatoms. The molecule has 1 saturated heterocycles. The molecule has 2 nitrogen and oxygen atoms in total. The highest BCUT2D eigenvalue weighted by Gasteiger charge is 2.29. The molecule has 0 radical (unpaired) electrons. The van der Waals surface area contributed by atoms with Gasteiger partial charge in [-0.05, 0) is 43.0 Å². The third-order valence-corrected chi connectivity index (χ3v) is 4.56. The second-order valence-corrected chi connectivity index (χ2v) is 5.97. The summed E-state index contributed by atoms with van der Waals surface area (Å²) in [5.74, 6) is -0.0900. The molecule has 1 N–H and O–H groups in total. The van der Waals surface area contributed by atoms with Crippen molar-refractivity contribution in [1.82, 2.24) is 5.32 Å². The molecule has 0 unspecified atom stereocenters. The van der Waals surface area contributed by atoms with Crippen molar-refractivity contribution < 1.29 is 4.39 Å². The number of benzene rings is 1. The molecule has 106 valence electrons. The Hall–Kier alpha value is -1.09. The third-order valence-electron chi connectivity index (χ3n) is 4.56. The van der Waals surface area contributed by atoms with Gasteiger partial charge in [-0.3, -0.25) is 0 Å². The molecule has 0 bridgehead atoms. The normalized spacial score (nSPS) is 18.6. The third kappa shape index (κ3) is 3.27. The lowest BCUT2D eigenvalue weighted by Gasteiger charge is -2.40. The van der Waals surface area contributed by atoms with Gasteiger partial charge in [-0.15, -0.1) is 0 Å². The summed E-state index contributed by atoms with van der Waals surface area (Å²) in [6.07, 6.45) is 3.52. The van der Waals surface area contributed by atoms with E-state index in [2.05, 4.69) is 24.1 Å². The molecule has 0 atom stereocenters. The lowest BCUT2D eigenvalue weighted by Crippen LogP contribution is -2.38. The minimum absolute atomic E-state index is 0.0900. The number of hydrogen-bond acceptors (Lipinski definition) is 2. The molecule has 19 heavy (non-hydrogen) atoms. The van der Waals surface area contributed by atoms with E-state index in [0.717, 1.165) is 37.2 Å². The van der Waals surface area contributed by atoms with E-state index in [9.17, 15) is 4.39 Å². The number of anilines is 1. The summed E-state index contributed by atoms with van der Waals surface area (Å²) >= 11 is 0. The van der Waals surface area contributed by atoms with Crippen LogP contribution < -0.4 is 10.2 Å². The van der Waals surface area contributed by atoms with Crippen LogP contribution in [0.25, 0.3) is 0 Å². The fourth-order valence-electron chi connectivity index (χ4n) is 2.76. The van der Waals surface area contributed by atoms with E-state index >= 15 is 0 Å².